The zero-order valence-electron chi connectivity index (χ0n) is 9.78. The van der Waals surface area contributed by atoms with Gasteiger partial charge >= 0.3 is 5.97 Å². The smallest absolute Gasteiger partial charge is 0.356 e. The second-order valence-corrected chi connectivity index (χ2v) is 3.79. The lowest BCUT2D eigenvalue weighted by Gasteiger charge is -2.05. The minimum Gasteiger partial charge on any atom is -0.476 e. The number of hydrogen-bond donors (Lipinski definition) is 1. The van der Waals surface area contributed by atoms with Crippen molar-refractivity contribution in [1.82, 2.24) is 19.3 Å². The van der Waals surface area contributed by atoms with Gasteiger partial charge in [-0.1, -0.05) is 0 Å². The lowest BCUT2D eigenvalue weighted by molar-refractivity contribution is 0.0687. The van der Waals surface area contributed by atoms with Crippen molar-refractivity contribution in [2.45, 2.75) is 13.0 Å². The normalized spacial score (nSPS) is 10.5. The summed E-state index contributed by atoms with van der Waals surface area (Å²) in [4.78, 5) is 26.4. The molecule has 18 heavy (non-hydrogen) atoms. The van der Waals surface area contributed by atoms with E-state index in [9.17, 15) is 9.59 Å². The summed E-state index contributed by atoms with van der Waals surface area (Å²) in [6, 6.07) is 2.40. The molecular weight excluding hydrogens is 236 g/mol. The number of aromatic carboxylic acids is 1. The van der Waals surface area contributed by atoms with Crippen molar-refractivity contribution in [3.8, 4) is 0 Å². The summed E-state index contributed by atoms with van der Waals surface area (Å²) in [5.74, 6) is -0.342. The lowest BCUT2D eigenvalue weighted by Crippen LogP contribution is -2.25. The van der Waals surface area contributed by atoms with Crippen LogP contribution in [0.15, 0.2) is 29.3 Å². The van der Waals surface area contributed by atoms with Gasteiger partial charge in [0.25, 0.3) is 5.56 Å². The highest BCUT2D eigenvalue weighted by molar-refractivity contribution is 5.84. The van der Waals surface area contributed by atoms with E-state index in [0.29, 0.717) is 13.0 Å². The molecule has 0 aliphatic carbocycles. The first-order chi connectivity index (χ1) is 8.58. The van der Waals surface area contributed by atoms with Gasteiger partial charge in [-0.3, -0.25) is 4.79 Å². The summed E-state index contributed by atoms with van der Waals surface area (Å²) < 4.78 is 2.98. The van der Waals surface area contributed by atoms with Crippen LogP contribution in [0, 0.1) is 0 Å². The van der Waals surface area contributed by atoms with Crippen LogP contribution in [0.5, 0.6) is 0 Å². The zero-order chi connectivity index (χ0) is 13.1. The largest absolute Gasteiger partial charge is 0.476 e. The first-order valence-corrected chi connectivity index (χ1v) is 5.35. The van der Waals surface area contributed by atoms with Gasteiger partial charge in [-0.15, -0.1) is 0 Å². The summed E-state index contributed by atoms with van der Waals surface area (Å²) in [5, 5.41) is 12.6. The third kappa shape index (κ3) is 2.45. The lowest BCUT2D eigenvalue weighted by atomic mass is 10.3. The van der Waals surface area contributed by atoms with Crippen LogP contribution in [0.25, 0.3) is 0 Å². The first-order valence-electron chi connectivity index (χ1n) is 5.35. The number of carboxylic acids is 1. The Hall–Kier alpha value is -2.44. The van der Waals surface area contributed by atoms with E-state index in [1.54, 1.807) is 12.4 Å². The summed E-state index contributed by atoms with van der Waals surface area (Å²) in [6.45, 7) is 0.296. The predicted molar refractivity (Wildman–Crippen MR) is 62.4 cm³/mol. The van der Waals surface area contributed by atoms with E-state index in [1.807, 2.05) is 11.6 Å². The summed E-state index contributed by atoms with van der Waals surface area (Å²) in [6.07, 6.45) is 3.98. The molecule has 0 aliphatic heterocycles. The van der Waals surface area contributed by atoms with Crippen molar-refractivity contribution in [1.29, 1.82) is 0 Å². The molecule has 0 amide bonds. The van der Waals surface area contributed by atoms with Gasteiger partial charge in [0.05, 0.1) is 6.54 Å². The molecule has 0 saturated carbocycles. The standard InChI is InChI=1S/C11H12N4O3/c1-14-7-5-12-9(14)4-6-15-10(16)3-2-8(13-15)11(17)18/h2-3,5,7H,4,6H2,1H3,(H,17,18). The maximum atomic E-state index is 11.5. The van der Waals surface area contributed by atoms with E-state index in [2.05, 4.69) is 10.1 Å². The molecule has 0 atom stereocenters. The number of carboxylic acid groups (broad SMARTS) is 1. The third-order valence-electron chi connectivity index (χ3n) is 2.55. The second-order valence-electron chi connectivity index (χ2n) is 3.79. The average Bonchev–Trinajstić information content (AvgIpc) is 2.73. The molecule has 0 spiro atoms. The number of hydrogen-bond acceptors (Lipinski definition) is 4. The number of imidazole rings is 1. The van der Waals surface area contributed by atoms with E-state index in [1.165, 1.54) is 12.1 Å². The van der Waals surface area contributed by atoms with Crippen LogP contribution >= 0.6 is 0 Å². The van der Waals surface area contributed by atoms with Crippen molar-refractivity contribution >= 4 is 5.97 Å². The van der Waals surface area contributed by atoms with E-state index < -0.39 is 5.97 Å². The molecule has 2 rings (SSSR count). The average molecular weight is 248 g/mol. The fourth-order valence-corrected chi connectivity index (χ4v) is 1.57. The van der Waals surface area contributed by atoms with Crippen molar-refractivity contribution in [3.63, 3.8) is 0 Å². The Balaban J connectivity index is 2.19. The van der Waals surface area contributed by atoms with Crippen LogP contribution in [0.4, 0.5) is 0 Å². The van der Waals surface area contributed by atoms with Crippen molar-refractivity contribution in [3.05, 3.63) is 46.4 Å². The minimum absolute atomic E-state index is 0.144. The molecule has 0 radical (unpaired) electrons. The Morgan fingerprint density at radius 1 is 1.44 bits per heavy atom. The molecule has 2 aromatic heterocycles. The molecule has 0 aromatic carbocycles. The highest BCUT2D eigenvalue weighted by Crippen LogP contribution is 1.97. The number of aromatic nitrogens is 4. The quantitative estimate of drug-likeness (QED) is 0.817. The molecule has 7 heteroatoms. The summed E-state index contributed by atoms with van der Waals surface area (Å²) in [5.41, 5.74) is -0.469. The number of aryl methyl sites for hydroxylation is 3. The maximum absolute atomic E-state index is 11.5. The Bertz CT molecular complexity index is 629. The number of rotatable bonds is 4. The van der Waals surface area contributed by atoms with Crippen LogP contribution < -0.4 is 5.56 Å². The van der Waals surface area contributed by atoms with Gasteiger partial charge in [0, 0.05) is 31.9 Å². The van der Waals surface area contributed by atoms with E-state index in [0.717, 1.165) is 10.5 Å². The minimum atomic E-state index is -1.15. The van der Waals surface area contributed by atoms with Crippen LogP contribution in [0.2, 0.25) is 0 Å². The molecule has 1 N–H and O–H groups in total. The number of nitrogens with zero attached hydrogens (tertiary/aromatic N) is 4. The Kier molecular flexibility index (Phi) is 3.22. The number of carbonyl (C=O) groups is 1. The van der Waals surface area contributed by atoms with Gasteiger partial charge in [-0.25, -0.2) is 14.5 Å². The topological polar surface area (TPSA) is 90.0 Å². The van der Waals surface area contributed by atoms with Crippen LogP contribution in [0.1, 0.15) is 16.3 Å². The maximum Gasteiger partial charge on any atom is 0.356 e. The third-order valence-corrected chi connectivity index (χ3v) is 2.55. The van der Waals surface area contributed by atoms with Crippen LogP contribution in [0.3, 0.4) is 0 Å². The van der Waals surface area contributed by atoms with Crippen LogP contribution in [-0.2, 0) is 20.0 Å². The molecule has 0 aliphatic rings. The van der Waals surface area contributed by atoms with E-state index in [-0.39, 0.29) is 11.3 Å². The molecule has 0 bridgehead atoms. The Labute approximate surface area is 102 Å². The van der Waals surface area contributed by atoms with Gasteiger partial charge in [-0.05, 0) is 6.07 Å². The molecule has 0 unspecified atom stereocenters. The molecule has 94 valence electrons. The zero-order valence-corrected chi connectivity index (χ0v) is 9.78. The fraction of sp³-hybridized carbons (Fsp3) is 0.273. The molecule has 2 aromatic rings. The molecular formula is C11H12N4O3. The summed E-state index contributed by atoms with van der Waals surface area (Å²) >= 11 is 0. The van der Waals surface area contributed by atoms with Crippen LogP contribution in [-0.4, -0.2) is 30.4 Å². The van der Waals surface area contributed by atoms with Crippen molar-refractivity contribution in [2.24, 2.45) is 7.05 Å². The first kappa shape index (κ1) is 12.0. The second kappa shape index (κ2) is 4.82. The van der Waals surface area contributed by atoms with Gasteiger partial charge in [0.2, 0.25) is 0 Å². The van der Waals surface area contributed by atoms with Gasteiger partial charge in [-0.2, -0.15) is 5.10 Å². The van der Waals surface area contributed by atoms with Crippen molar-refractivity contribution < 1.29 is 9.90 Å². The fourth-order valence-electron chi connectivity index (χ4n) is 1.57. The van der Waals surface area contributed by atoms with Gasteiger partial charge in [0.15, 0.2) is 5.69 Å². The molecule has 0 fully saturated rings. The van der Waals surface area contributed by atoms with Crippen molar-refractivity contribution in [2.75, 3.05) is 0 Å². The Morgan fingerprint density at radius 2 is 2.22 bits per heavy atom. The highest BCUT2D eigenvalue weighted by atomic mass is 16.4. The Morgan fingerprint density at radius 3 is 2.83 bits per heavy atom. The monoisotopic (exact) mass is 248 g/mol. The van der Waals surface area contributed by atoms with E-state index >= 15 is 0 Å². The molecule has 7 nitrogen and oxygen atoms in total. The summed E-state index contributed by atoms with van der Waals surface area (Å²) in [7, 11) is 1.85. The molecule has 0 saturated heterocycles. The SMILES string of the molecule is Cn1ccnc1CCn1nc(C(=O)O)ccc1=O. The van der Waals surface area contributed by atoms with Gasteiger partial charge in [0.1, 0.15) is 5.82 Å². The van der Waals surface area contributed by atoms with E-state index in [4.69, 9.17) is 5.11 Å². The predicted octanol–water partition coefficient (Wildman–Crippen LogP) is -0.0823. The highest BCUT2D eigenvalue weighted by Gasteiger charge is 2.08. The molecule has 2 heterocycles. The van der Waals surface area contributed by atoms with Gasteiger partial charge < -0.3 is 9.67 Å².